The molecule has 1 amide bonds. The number of aromatic nitrogens is 2. The normalized spacial score (nSPS) is 17.1. The zero-order chi connectivity index (χ0) is 16.9. The van der Waals surface area contributed by atoms with Gasteiger partial charge in [0.15, 0.2) is 5.82 Å². The van der Waals surface area contributed by atoms with Crippen LogP contribution in [0.3, 0.4) is 0 Å². The number of hydrogen-bond donors (Lipinski definition) is 2. The Morgan fingerprint density at radius 2 is 2.17 bits per heavy atom. The Labute approximate surface area is 140 Å². The van der Waals surface area contributed by atoms with Gasteiger partial charge < -0.3 is 10.1 Å². The fourth-order valence-electron chi connectivity index (χ4n) is 2.65. The molecular formula is C17H20N4O3. The molecule has 1 aromatic carbocycles. The molecule has 7 heteroatoms. The molecule has 0 unspecified atom stereocenters. The van der Waals surface area contributed by atoms with E-state index in [2.05, 4.69) is 20.4 Å². The van der Waals surface area contributed by atoms with E-state index in [1.54, 1.807) is 6.92 Å². The molecule has 1 aliphatic rings. The lowest BCUT2D eigenvalue weighted by molar-refractivity contribution is -0.125. The van der Waals surface area contributed by atoms with Crippen LogP contribution >= 0.6 is 0 Å². The first-order valence-corrected chi connectivity index (χ1v) is 7.98. The summed E-state index contributed by atoms with van der Waals surface area (Å²) in [5.74, 6) is -0.270. The smallest absolute Gasteiger partial charge is 0.356 e. The molecule has 0 bridgehead atoms. The molecule has 2 N–H and O–H groups in total. The zero-order valence-electron chi connectivity index (χ0n) is 13.5. The largest absolute Gasteiger partial charge is 0.461 e. The summed E-state index contributed by atoms with van der Waals surface area (Å²) >= 11 is 0. The molecule has 0 spiro atoms. The van der Waals surface area contributed by atoms with Crippen molar-refractivity contribution in [3.05, 3.63) is 47.7 Å². The van der Waals surface area contributed by atoms with Gasteiger partial charge in [-0.05, 0) is 18.9 Å². The summed E-state index contributed by atoms with van der Waals surface area (Å²) in [5.41, 5.74) is 1.40. The number of amides is 1. The van der Waals surface area contributed by atoms with Gasteiger partial charge in [-0.1, -0.05) is 30.3 Å². The van der Waals surface area contributed by atoms with Crippen molar-refractivity contribution < 1.29 is 14.3 Å². The van der Waals surface area contributed by atoms with Crippen molar-refractivity contribution >= 4 is 17.7 Å². The van der Waals surface area contributed by atoms with Crippen LogP contribution in [0.2, 0.25) is 0 Å². The minimum atomic E-state index is -0.486. The predicted molar refractivity (Wildman–Crippen MR) is 88.4 cm³/mol. The SMILES string of the molecule is CCOC(=O)c1cc(NC(=O)[C@@H]2CCN2Cc2ccccc2)n[nH]1. The highest BCUT2D eigenvalue weighted by molar-refractivity contribution is 5.96. The van der Waals surface area contributed by atoms with E-state index in [-0.39, 0.29) is 24.2 Å². The molecule has 3 rings (SSSR count). The summed E-state index contributed by atoms with van der Waals surface area (Å²) in [7, 11) is 0. The van der Waals surface area contributed by atoms with Gasteiger partial charge in [0.25, 0.3) is 0 Å². The van der Waals surface area contributed by atoms with Crippen molar-refractivity contribution in [2.45, 2.75) is 25.9 Å². The van der Waals surface area contributed by atoms with Crippen molar-refractivity contribution in [1.82, 2.24) is 15.1 Å². The second kappa shape index (κ2) is 7.27. The maximum absolute atomic E-state index is 12.4. The first-order valence-electron chi connectivity index (χ1n) is 7.98. The van der Waals surface area contributed by atoms with Crippen molar-refractivity contribution in [1.29, 1.82) is 0 Å². The number of carbonyl (C=O) groups excluding carboxylic acids is 2. The Bertz CT molecular complexity index is 714. The number of anilines is 1. The summed E-state index contributed by atoms with van der Waals surface area (Å²) in [5, 5.41) is 9.25. The summed E-state index contributed by atoms with van der Waals surface area (Å²) < 4.78 is 4.88. The van der Waals surface area contributed by atoms with Crippen LogP contribution in [0.1, 0.15) is 29.4 Å². The van der Waals surface area contributed by atoms with E-state index in [0.717, 1.165) is 19.5 Å². The quantitative estimate of drug-likeness (QED) is 0.790. The third kappa shape index (κ3) is 3.62. The summed E-state index contributed by atoms with van der Waals surface area (Å²) in [6.07, 6.45) is 0.813. The fraction of sp³-hybridized carbons (Fsp3) is 0.353. The molecule has 1 aliphatic heterocycles. The first kappa shape index (κ1) is 16.2. The number of ether oxygens (including phenoxy) is 1. The number of hydrogen-bond acceptors (Lipinski definition) is 5. The lowest BCUT2D eigenvalue weighted by Crippen LogP contribution is -2.53. The zero-order valence-corrected chi connectivity index (χ0v) is 13.5. The van der Waals surface area contributed by atoms with Crippen LogP contribution < -0.4 is 5.32 Å². The number of likely N-dealkylation sites (tertiary alicyclic amines) is 1. The number of carbonyl (C=O) groups is 2. The van der Waals surface area contributed by atoms with Gasteiger partial charge in [0, 0.05) is 19.2 Å². The van der Waals surface area contributed by atoms with E-state index >= 15 is 0 Å². The lowest BCUT2D eigenvalue weighted by Gasteiger charge is -2.39. The number of esters is 1. The Morgan fingerprint density at radius 3 is 2.83 bits per heavy atom. The van der Waals surface area contributed by atoms with Crippen LogP contribution in [-0.2, 0) is 16.1 Å². The second-order valence-corrected chi connectivity index (χ2v) is 5.64. The van der Waals surface area contributed by atoms with Gasteiger partial charge in [-0.3, -0.25) is 14.8 Å². The van der Waals surface area contributed by atoms with E-state index in [9.17, 15) is 9.59 Å². The van der Waals surface area contributed by atoms with Gasteiger partial charge >= 0.3 is 5.97 Å². The molecule has 7 nitrogen and oxygen atoms in total. The standard InChI is InChI=1S/C17H20N4O3/c1-2-24-17(23)13-10-15(20-19-13)18-16(22)14-8-9-21(14)11-12-6-4-3-5-7-12/h3-7,10,14H,2,8-9,11H2,1H3,(H2,18,19,20,22)/t14-/m0/s1. The molecule has 2 aromatic rings. The predicted octanol–water partition coefficient (Wildman–Crippen LogP) is 1.80. The molecule has 0 radical (unpaired) electrons. The maximum Gasteiger partial charge on any atom is 0.356 e. The van der Waals surface area contributed by atoms with E-state index in [0.29, 0.717) is 5.82 Å². The Balaban J connectivity index is 1.56. The average molecular weight is 328 g/mol. The molecule has 24 heavy (non-hydrogen) atoms. The molecule has 1 saturated heterocycles. The number of aromatic amines is 1. The Hall–Kier alpha value is -2.67. The number of H-pyrrole nitrogens is 1. The molecular weight excluding hydrogens is 308 g/mol. The van der Waals surface area contributed by atoms with Crippen molar-refractivity contribution in [2.75, 3.05) is 18.5 Å². The van der Waals surface area contributed by atoms with Crippen LogP contribution in [0.5, 0.6) is 0 Å². The minimum absolute atomic E-state index is 0.112. The Morgan fingerprint density at radius 1 is 1.38 bits per heavy atom. The maximum atomic E-state index is 12.4. The van der Waals surface area contributed by atoms with Gasteiger partial charge in [0.1, 0.15) is 5.69 Å². The van der Waals surface area contributed by atoms with Gasteiger partial charge in [0.05, 0.1) is 12.6 Å². The average Bonchev–Trinajstić information content (AvgIpc) is 3.01. The number of rotatable bonds is 6. The highest BCUT2D eigenvalue weighted by Crippen LogP contribution is 2.22. The summed E-state index contributed by atoms with van der Waals surface area (Å²) in [4.78, 5) is 26.1. The summed E-state index contributed by atoms with van der Waals surface area (Å²) in [6, 6.07) is 11.4. The Kier molecular flexibility index (Phi) is 4.90. The molecule has 1 aromatic heterocycles. The highest BCUT2D eigenvalue weighted by Gasteiger charge is 2.34. The first-order chi connectivity index (χ1) is 11.7. The third-order valence-electron chi connectivity index (χ3n) is 3.99. The van der Waals surface area contributed by atoms with Crippen LogP contribution in [0.25, 0.3) is 0 Å². The second-order valence-electron chi connectivity index (χ2n) is 5.64. The molecule has 1 atom stereocenters. The monoisotopic (exact) mass is 328 g/mol. The number of nitrogens with zero attached hydrogens (tertiary/aromatic N) is 2. The molecule has 0 saturated carbocycles. The molecule has 2 heterocycles. The highest BCUT2D eigenvalue weighted by atomic mass is 16.5. The van der Waals surface area contributed by atoms with E-state index < -0.39 is 5.97 Å². The van der Waals surface area contributed by atoms with Crippen LogP contribution in [0, 0.1) is 0 Å². The van der Waals surface area contributed by atoms with E-state index in [1.807, 2.05) is 30.3 Å². The lowest BCUT2D eigenvalue weighted by atomic mass is 10.0. The molecule has 0 aliphatic carbocycles. The number of benzene rings is 1. The van der Waals surface area contributed by atoms with Crippen LogP contribution in [0.15, 0.2) is 36.4 Å². The van der Waals surface area contributed by atoms with Crippen LogP contribution in [-0.4, -0.2) is 46.2 Å². The van der Waals surface area contributed by atoms with E-state index in [4.69, 9.17) is 4.74 Å². The van der Waals surface area contributed by atoms with Gasteiger partial charge in [-0.2, -0.15) is 5.10 Å². The topological polar surface area (TPSA) is 87.3 Å². The number of nitrogens with one attached hydrogen (secondary N) is 2. The van der Waals surface area contributed by atoms with Crippen molar-refractivity contribution in [3.8, 4) is 0 Å². The van der Waals surface area contributed by atoms with Gasteiger partial charge in [-0.15, -0.1) is 0 Å². The third-order valence-corrected chi connectivity index (χ3v) is 3.99. The van der Waals surface area contributed by atoms with E-state index in [1.165, 1.54) is 11.6 Å². The minimum Gasteiger partial charge on any atom is -0.461 e. The van der Waals surface area contributed by atoms with Gasteiger partial charge in [-0.25, -0.2) is 4.79 Å². The van der Waals surface area contributed by atoms with Crippen molar-refractivity contribution in [2.24, 2.45) is 0 Å². The summed E-state index contributed by atoms with van der Waals surface area (Å²) in [6.45, 7) is 3.65. The van der Waals surface area contributed by atoms with Crippen LogP contribution in [0.4, 0.5) is 5.82 Å². The molecule has 126 valence electrons. The van der Waals surface area contributed by atoms with Gasteiger partial charge in [0.2, 0.25) is 5.91 Å². The van der Waals surface area contributed by atoms with Crippen molar-refractivity contribution in [3.63, 3.8) is 0 Å². The molecule has 1 fully saturated rings. The fourth-order valence-corrected chi connectivity index (χ4v) is 2.65.